The topological polar surface area (TPSA) is 58.6 Å². The zero-order valence-electron chi connectivity index (χ0n) is 15.7. The predicted molar refractivity (Wildman–Crippen MR) is 101 cm³/mol. The second-order valence-electron chi connectivity index (χ2n) is 7.44. The molecule has 1 atom stereocenters. The van der Waals surface area contributed by atoms with Gasteiger partial charge in [-0.3, -0.25) is 9.59 Å². The number of nitrogens with one attached hydrogen (secondary N) is 1. The Morgan fingerprint density at radius 2 is 1.81 bits per heavy atom. The van der Waals surface area contributed by atoms with Crippen LogP contribution in [0.15, 0.2) is 24.3 Å². The fourth-order valence-corrected chi connectivity index (χ4v) is 4.07. The fraction of sp³-hybridized carbons (Fsp3) is 0.619. The molecule has 0 aromatic heterocycles. The molecule has 3 rings (SSSR count). The zero-order valence-corrected chi connectivity index (χ0v) is 15.7. The summed E-state index contributed by atoms with van der Waals surface area (Å²) in [5.74, 6) is 0.952. The first-order valence-corrected chi connectivity index (χ1v) is 9.90. The van der Waals surface area contributed by atoms with Crippen LogP contribution in [0.3, 0.4) is 0 Å². The average molecular weight is 358 g/mol. The number of hydrogen-bond donors (Lipinski definition) is 1. The third-order valence-corrected chi connectivity index (χ3v) is 5.61. The van der Waals surface area contributed by atoms with Crippen LogP contribution in [0.25, 0.3) is 0 Å². The highest BCUT2D eigenvalue weighted by Crippen LogP contribution is 2.22. The van der Waals surface area contributed by atoms with Crippen molar-refractivity contribution < 1.29 is 14.3 Å². The Bertz CT molecular complexity index is 608. The molecule has 26 heavy (non-hydrogen) atoms. The minimum Gasteiger partial charge on any atom is -0.497 e. The lowest BCUT2D eigenvalue weighted by Crippen LogP contribution is -2.49. The van der Waals surface area contributed by atoms with Gasteiger partial charge in [-0.2, -0.15) is 0 Å². The smallest absolute Gasteiger partial charge is 0.243 e. The molecule has 2 amide bonds. The third kappa shape index (κ3) is 4.77. The van der Waals surface area contributed by atoms with Crippen LogP contribution in [0.2, 0.25) is 0 Å². The maximum atomic E-state index is 12.7. The molecule has 1 aromatic carbocycles. The molecule has 2 fully saturated rings. The number of nitrogens with zero attached hydrogens (tertiary/aromatic N) is 1. The van der Waals surface area contributed by atoms with Crippen molar-refractivity contribution >= 4 is 11.8 Å². The van der Waals surface area contributed by atoms with Crippen LogP contribution in [0.4, 0.5) is 0 Å². The van der Waals surface area contributed by atoms with Gasteiger partial charge in [-0.05, 0) is 49.8 Å². The maximum absolute atomic E-state index is 12.7. The number of ether oxygens (including phenoxy) is 1. The van der Waals surface area contributed by atoms with Crippen molar-refractivity contribution in [1.29, 1.82) is 0 Å². The summed E-state index contributed by atoms with van der Waals surface area (Å²) >= 11 is 0. The number of hydrogen-bond acceptors (Lipinski definition) is 3. The minimum absolute atomic E-state index is 0.0483. The van der Waals surface area contributed by atoms with Crippen LogP contribution in [-0.2, 0) is 16.0 Å². The summed E-state index contributed by atoms with van der Waals surface area (Å²) in [5, 5.41) is 3.19. The molecule has 142 valence electrons. The van der Waals surface area contributed by atoms with Crippen LogP contribution >= 0.6 is 0 Å². The van der Waals surface area contributed by atoms with E-state index in [0.717, 1.165) is 37.0 Å². The monoisotopic (exact) mass is 358 g/mol. The van der Waals surface area contributed by atoms with Gasteiger partial charge in [0.05, 0.1) is 7.11 Å². The van der Waals surface area contributed by atoms with Crippen molar-refractivity contribution in [3.63, 3.8) is 0 Å². The van der Waals surface area contributed by atoms with Gasteiger partial charge in [0, 0.05) is 19.0 Å². The molecule has 1 aromatic rings. The summed E-state index contributed by atoms with van der Waals surface area (Å²) in [6.07, 6.45) is 8.64. The summed E-state index contributed by atoms with van der Waals surface area (Å²) in [4.78, 5) is 27.1. The molecule has 5 nitrogen and oxygen atoms in total. The van der Waals surface area contributed by atoms with Crippen molar-refractivity contribution in [2.45, 2.75) is 69.9 Å². The van der Waals surface area contributed by atoms with Gasteiger partial charge in [0.2, 0.25) is 11.8 Å². The van der Waals surface area contributed by atoms with Crippen molar-refractivity contribution in [3.05, 3.63) is 29.8 Å². The quantitative estimate of drug-likeness (QED) is 0.850. The van der Waals surface area contributed by atoms with E-state index >= 15 is 0 Å². The molecule has 1 N–H and O–H groups in total. The number of rotatable bonds is 6. The van der Waals surface area contributed by atoms with E-state index in [-0.39, 0.29) is 17.9 Å². The van der Waals surface area contributed by atoms with E-state index in [1.807, 2.05) is 24.3 Å². The number of carbonyl (C=O) groups excluding carboxylic acids is 2. The van der Waals surface area contributed by atoms with E-state index in [0.29, 0.717) is 25.4 Å². The third-order valence-electron chi connectivity index (χ3n) is 5.61. The molecule has 0 unspecified atom stereocenters. The molecule has 2 aliphatic rings. The molecular weight excluding hydrogens is 328 g/mol. The second-order valence-corrected chi connectivity index (χ2v) is 7.44. The van der Waals surface area contributed by atoms with Crippen LogP contribution < -0.4 is 10.1 Å². The summed E-state index contributed by atoms with van der Waals surface area (Å²) in [7, 11) is 1.64. The summed E-state index contributed by atoms with van der Waals surface area (Å²) in [5.41, 5.74) is 1.11. The van der Waals surface area contributed by atoms with Crippen LogP contribution in [-0.4, -0.2) is 42.5 Å². The predicted octanol–water partition coefficient (Wildman–Crippen LogP) is 3.07. The molecule has 5 heteroatoms. The molecule has 1 heterocycles. The lowest BCUT2D eigenvalue weighted by atomic mass is 9.95. The first kappa shape index (κ1) is 18.7. The highest BCUT2D eigenvalue weighted by Gasteiger charge is 2.34. The highest BCUT2D eigenvalue weighted by molar-refractivity contribution is 5.88. The van der Waals surface area contributed by atoms with E-state index in [1.165, 1.54) is 19.3 Å². The van der Waals surface area contributed by atoms with Gasteiger partial charge >= 0.3 is 0 Å². The van der Waals surface area contributed by atoms with Crippen LogP contribution in [0.1, 0.15) is 56.9 Å². The average Bonchev–Trinajstić information content (AvgIpc) is 3.17. The standard InChI is InChI=1S/C21H30N2O3/c1-26-18-12-9-16(10-13-18)11-14-20(24)23-15-5-8-19(23)21(25)22-17-6-3-2-4-7-17/h9-10,12-13,17,19H,2-8,11,14-15H2,1H3,(H,22,25)/t19-/m1/s1. The van der Waals surface area contributed by atoms with E-state index in [9.17, 15) is 9.59 Å². The Hall–Kier alpha value is -2.04. The molecule has 0 bridgehead atoms. The van der Waals surface area contributed by atoms with Gasteiger partial charge in [-0.15, -0.1) is 0 Å². The Labute approximate surface area is 156 Å². The number of likely N-dealkylation sites (tertiary alicyclic amines) is 1. The minimum atomic E-state index is -0.278. The van der Waals surface area contributed by atoms with Gasteiger partial charge in [0.25, 0.3) is 0 Å². The van der Waals surface area contributed by atoms with Gasteiger partial charge in [0.15, 0.2) is 0 Å². The van der Waals surface area contributed by atoms with Crippen molar-refractivity contribution in [1.82, 2.24) is 10.2 Å². The molecule has 0 radical (unpaired) electrons. The zero-order chi connectivity index (χ0) is 18.4. The van der Waals surface area contributed by atoms with Gasteiger partial charge < -0.3 is 15.0 Å². The first-order chi connectivity index (χ1) is 12.7. The first-order valence-electron chi connectivity index (χ1n) is 9.90. The fourth-order valence-electron chi connectivity index (χ4n) is 4.07. The van der Waals surface area contributed by atoms with E-state index < -0.39 is 0 Å². The van der Waals surface area contributed by atoms with Crippen LogP contribution in [0.5, 0.6) is 5.75 Å². The maximum Gasteiger partial charge on any atom is 0.243 e. The van der Waals surface area contributed by atoms with Gasteiger partial charge in [-0.25, -0.2) is 0 Å². The molecule has 1 saturated carbocycles. The van der Waals surface area contributed by atoms with Gasteiger partial charge in [0.1, 0.15) is 11.8 Å². The molecular formula is C21H30N2O3. The van der Waals surface area contributed by atoms with Crippen molar-refractivity contribution in [3.8, 4) is 5.75 Å². The van der Waals surface area contributed by atoms with Crippen molar-refractivity contribution in [2.24, 2.45) is 0 Å². The van der Waals surface area contributed by atoms with E-state index in [2.05, 4.69) is 5.32 Å². The molecule has 0 spiro atoms. The van der Waals surface area contributed by atoms with Gasteiger partial charge in [-0.1, -0.05) is 31.4 Å². The number of benzene rings is 1. The van der Waals surface area contributed by atoms with E-state index in [4.69, 9.17) is 4.74 Å². The second kappa shape index (κ2) is 9.06. The normalized spacial score (nSPS) is 20.8. The highest BCUT2D eigenvalue weighted by atomic mass is 16.5. The Balaban J connectivity index is 1.51. The lowest BCUT2D eigenvalue weighted by Gasteiger charge is -2.28. The summed E-state index contributed by atoms with van der Waals surface area (Å²) in [6, 6.07) is 7.83. The largest absolute Gasteiger partial charge is 0.497 e. The Morgan fingerprint density at radius 1 is 1.08 bits per heavy atom. The summed E-state index contributed by atoms with van der Waals surface area (Å²) in [6.45, 7) is 0.699. The SMILES string of the molecule is COc1ccc(CCC(=O)N2CCC[C@@H]2C(=O)NC2CCCCC2)cc1. The molecule has 1 aliphatic carbocycles. The van der Waals surface area contributed by atoms with Crippen molar-refractivity contribution in [2.75, 3.05) is 13.7 Å². The Morgan fingerprint density at radius 3 is 2.50 bits per heavy atom. The Kier molecular flexibility index (Phi) is 6.53. The van der Waals surface area contributed by atoms with Crippen LogP contribution in [0, 0.1) is 0 Å². The molecule has 1 saturated heterocycles. The lowest BCUT2D eigenvalue weighted by molar-refractivity contribution is -0.138. The summed E-state index contributed by atoms with van der Waals surface area (Å²) < 4.78 is 5.16. The van der Waals surface area contributed by atoms with E-state index in [1.54, 1.807) is 12.0 Å². The number of carbonyl (C=O) groups is 2. The number of amides is 2. The molecule has 1 aliphatic heterocycles. The number of aryl methyl sites for hydroxylation is 1. The number of methoxy groups -OCH3 is 1.